The van der Waals surface area contributed by atoms with E-state index < -0.39 is 12.0 Å². The molecule has 6 rings (SSSR count). The third-order valence-corrected chi connectivity index (χ3v) is 7.92. The molecule has 194 valence electrons. The lowest BCUT2D eigenvalue weighted by molar-refractivity contribution is -0.139. The average molecular weight is 534 g/mol. The van der Waals surface area contributed by atoms with Crippen molar-refractivity contribution < 1.29 is 9.53 Å². The van der Waals surface area contributed by atoms with Crippen molar-refractivity contribution in [1.82, 2.24) is 9.13 Å². The summed E-state index contributed by atoms with van der Waals surface area (Å²) in [6.45, 7) is 4.55. The summed E-state index contributed by atoms with van der Waals surface area (Å²) in [5, 5.41) is 1.07. The number of fused-ring (bicyclic) bond motifs is 2. The molecule has 0 bridgehead atoms. The molecule has 0 radical (unpaired) electrons. The van der Waals surface area contributed by atoms with E-state index in [1.54, 1.807) is 18.4 Å². The fraction of sp³-hybridized carbons (Fsp3) is 0.156. The van der Waals surface area contributed by atoms with Gasteiger partial charge in [0.1, 0.15) is 0 Å². The largest absolute Gasteiger partial charge is 0.463 e. The third-order valence-electron chi connectivity index (χ3n) is 6.93. The zero-order valence-electron chi connectivity index (χ0n) is 21.7. The van der Waals surface area contributed by atoms with Crippen LogP contribution in [0.3, 0.4) is 0 Å². The maximum absolute atomic E-state index is 14.0. The van der Waals surface area contributed by atoms with Crippen molar-refractivity contribution in [3.8, 4) is 0 Å². The molecule has 6 nitrogen and oxygen atoms in total. The summed E-state index contributed by atoms with van der Waals surface area (Å²) in [6, 6.07) is 27.5. The van der Waals surface area contributed by atoms with E-state index in [1.165, 1.54) is 16.9 Å². The molecule has 0 amide bonds. The monoisotopic (exact) mass is 533 g/mol. The number of hydrogen-bond donors (Lipinski definition) is 0. The van der Waals surface area contributed by atoms with Gasteiger partial charge in [-0.05, 0) is 37.1 Å². The molecule has 0 fully saturated rings. The number of allylic oxidation sites excluding steroid dienone is 1. The Bertz CT molecular complexity index is 1900. The topological polar surface area (TPSA) is 65.6 Å². The van der Waals surface area contributed by atoms with E-state index in [2.05, 4.69) is 40.0 Å². The highest BCUT2D eigenvalue weighted by molar-refractivity contribution is 7.07. The van der Waals surface area contributed by atoms with Gasteiger partial charge in [-0.25, -0.2) is 9.79 Å². The molecule has 0 unspecified atom stereocenters. The van der Waals surface area contributed by atoms with Crippen LogP contribution >= 0.6 is 11.3 Å². The molecule has 1 aliphatic rings. The van der Waals surface area contributed by atoms with Gasteiger partial charge >= 0.3 is 5.97 Å². The highest BCUT2D eigenvalue weighted by Gasteiger charge is 2.33. The van der Waals surface area contributed by atoms with Gasteiger partial charge in [0.15, 0.2) is 4.80 Å². The maximum Gasteiger partial charge on any atom is 0.338 e. The van der Waals surface area contributed by atoms with Crippen molar-refractivity contribution in [1.29, 1.82) is 0 Å². The van der Waals surface area contributed by atoms with E-state index in [-0.39, 0.29) is 12.2 Å². The third kappa shape index (κ3) is 4.55. The molecule has 39 heavy (non-hydrogen) atoms. The van der Waals surface area contributed by atoms with Gasteiger partial charge in [0.25, 0.3) is 5.56 Å². The Labute approximate surface area is 229 Å². The molecular formula is C32H27N3O3S. The van der Waals surface area contributed by atoms with Crippen molar-refractivity contribution in [3.63, 3.8) is 0 Å². The summed E-state index contributed by atoms with van der Waals surface area (Å²) in [6.07, 6.45) is 4.04. The number of hydrogen-bond acceptors (Lipinski definition) is 5. The number of benzene rings is 3. The first kappa shape index (κ1) is 24.8. The van der Waals surface area contributed by atoms with Crippen LogP contribution in [-0.4, -0.2) is 21.7 Å². The van der Waals surface area contributed by atoms with Gasteiger partial charge in [-0.3, -0.25) is 9.36 Å². The Morgan fingerprint density at radius 2 is 1.69 bits per heavy atom. The van der Waals surface area contributed by atoms with Crippen LogP contribution in [0.5, 0.6) is 0 Å². The first-order valence-corrected chi connectivity index (χ1v) is 13.7. The summed E-state index contributed by atoms with van der Waals surface area (Å²) in [7, 11) is 0. The number of esters is 1. The van der Waals surface area contributed by atoms with Crippen molar-refractivity contribution in [3.05, 3.63) is 139 Å². The fourth-order valence-electron chi connectivity index (χ4n) is 5.18. The standard InChI is InChI=1S/C32H27N3O3S/c1-3-38-31(37)28-21(2)33-32-35(29(28)23-14-8-5-9-15-23)30(36)27(39-32)18-24-20-34(19-22-12-6-4-7-13-22)26-17-11-10-16-25(24)26/h4-18,20,29H,3,19H2,1-2H3/b27-18-/t29-/m1/s1. The number of ether oxygens (including phenoxy) is 1. The Hall–Kier alpha value is -4.49. The van der Waals surface area contributed by atoms with Gasteiger partial charge in [-0.1, -0.05) is 90.2 Å². The number of carbonyl (C=O) groups is 1. The normalized spacial score (nSPS) is 15.3. The number of carbonyl (C=O) groups excluding carboxylic acids is 1. The fourth-order valence-corrected chi connectivity index (χ4v) is 6.22. The zero-order chi connectivity index (χ0) is 26.9. The van der Waals surface area contributed by atoms with Gasteiger partial charge in [-0.2, -0.15) is 0 Å². The number of aromatic nitrogens is 2. The molecule has 1 aliphatic heterocycles. The minimum absolute atomic E-state index is 0.179. The summed E-state index contributed by atoms with van der Waals surface area (Å²) >= 11 is 1.34. The van der Waals surface area contributed by atoms with Gasteiger partial charge in [-0.15, -0.1) is 0 Å². The summed E-state index contributed by atoms with van der Waals surface area (Å²) < 4.78 is 9.79. The predicted octanol–water partition coefficient (Wildman–Crippen LogP) is 4.80. The summed E-state index contributed by atoms with van der Waals surface area (Å²) in [5.74, 6) is -0.453. The van der Waals surface area contributed by atoms with Gasteiger partial charge < -0.3 is 9.30 Å². The van der Waals surface area contributed by atoms with E-state index in [0.29, 0.717) is 20.6 Å². The van der Waals surface area contributed by atoms with Crippen LogP contribution in [-0.2, 0) is 16.1 Å². The van der Waals surface area contributed by atoms with E-state index in [1.807, 2.05) is 66.7 Å². The minimum Gasteiger partial charge on any atom is -0.463 e. The van der Waals surface area contributed by atoms with Gasteiger partial charge in [0.2, 0.25) is 0 Å². The van der Waals surface area contributed by atoms with Crippen LogP contribution in [0, 0.1) is 0 Å². The Morgan fingerprint density at radius 1 is 1.00 bits per heavy atom. The number of rotatable bonds is 6. The smallest absolute Gasteiger partial charge is 0.338 e. The van der Waals surface area contributed by atoms with Gasteiger partial charge in [0, 0.05) is 29.2 Å². The van der Waals surface area contributed by atoms with E-state index >= 15 is 0 Å². The zero-order valence-corrected chi connectivity index (χ0v) is 22.5. The molecule has 2 aromatic heterocycles. The second-order valence-electron chi connectivity index (χ2n) is 9.43. The summed E-state index contributed by atoms with van der Waals surface area (Å²) in [5.41, 5.74) is 4.88. The lowest BCUT2D eigenvalue weighted by Gasteiger charge is -2.24. The lowest BCUT2D eigenvalue weighted by Crippen LogP contribution is -2.39. The van der Waals surface area contributed by atoms with E-state index in [4.69, 9.17) is 4.74 Å². The Balaban J connectivity index is 1.52. The quantitative estimate of drug-likeness (QED) is 0.295. The number of para-hydroxylation sites is 1. The molecule has 0 N–H and O–H groups in total. The van der Waals surface area contributed by atoms with Crippen molar-refractivity contribution in [2.45, 2.75) is 26.4 Å². The molecule has 7 heteroatoms. The summed E-state index contributed by atoms with van der Waals surface area (Å²) in [4.78, 5) is 32.3. The van der Waals surface area contributed by atoms with Crippen molar-refractivity contribution in [2.24, 2.45) is 4.99 Å². The van der Waals surface area contributed by atoms with Crippen LogP contribution in [0.2, 0.25) is 0 Å². The van der Waals surface area contributed by atoms with Crippen LogP contribution in [0.15, 0.2) is 112 Å². The molecular weight excluding hydrogens is 506 g/mol. The van der Waals surface area contributed by atoms with Crippen LogP contribution < -0.4 is 14.9 Å². The highest BCUT2D eigenvalue weighted by atomic mass is 32.1. The van der Waals surface area contributed by atoms with E-state index in [9.17, 15) is 9.59 Å². The first-order valence-electron chi connectivity index (χ1n) is 12.9. The average Bonchev–Trinajstić information content (AvgIpc) is 3.45. The molecule has 0 spiro atoms. The van der Waals surface area contributed by atoms with E-state index in [0.717, 1.165) is 28.6 Å². The molecule has 0 saturated carbocycles. The molecule has 3 heterocycles. The molecule has 1 atom stereocenters. The first-order chi connectivity index (χ1) is 19.0. The van der Waals surface area contributed by atoms with Gasteiger partial charge in [0.05, 0.1) is 28.5 Å². The highest BCUT2D eigenvalue weighted by Crippen LogP contribution is 2.30. The molecule has 0 aliphatic carbocycles. The maximum atomic E-state index is 14.0. The van der Waals surface area contributed by atoms with Crippen molar-refractivity contribution in [2.75, 3.05) is 6.61 Å². The Morgan fingerprint density at radius 3 is 2.44 bits per heavy atom. The second-order valence-corrected chi connectivity index (χ2v) is 10.4. The minimum atomic E-state index is -0.608. The molecule has 3 aromatic carbocycles. The van der Waals surface area contributed by atoms with Crippen LogP contribution in [0.25, 0.3) is 17.0 Å². The molecule has 0 saturated heterocycles. The SMILES string of the molecule is CCOC(=O)C1=C(C)N=c2s/c(=C\c3cn(Cc4ccccc4)c4ccccc34)c(=O)n2[C@@H]1c1ccccc1. The Kier molecular flexibility index (Phi) is 6.59. The van der Waals surface area contributed by atoms with Crippen molar-refractivity contribution >= 4 is 34.3 Å². The number of thiazole rings is 1. The van der Waals surface area contributed by atoms with Crippen LogP contribution in [0.1, 0.15) is 36.6 Å². The number of nitrogens with zero attached hydrogens (tertiary/aromatic N) is 3. The lowest BCUT2D eigenvalue weighted by atomic mass is 9.96. The molecule has 5 aromatic rings. The predicted molar refractivity (Wildman–Crippen MR) is 154 cm³/mol. The van der Waals surface area contributed by atoms with Crippen LogP contribution in [0.4, 0.5) is 0 Å². The second kappa shape index (κ2) is 10.3.